The van der Waals surface area contributed by atoms with E-state index in [4.69, 9.17) is 0 Å². The molecule has 1 aliphatic heterocycles. The zero-order valence-electron chi connectivity index (χ0n) is 12.6. The topological polar surface area (TPSA) is 54.5 Å². The molecular weight excluding hydrogens is 278 g/mol. The number of carbonyl (C=O) groups is 3. The molecule has 0 radical (unpaired) electrons. The highest BCUT2D eigenvalue weighted by molar-refractivity contribution is 6.24. The Labute approximate surface area is 128 Å². The molecule has 0 spiro atoms. The number of imide groups is 1. The first-order valence-corrected chi connectivity index (χ1v) is 7.62. The van der Waals surface area contributed by atoms with Gasteiger partial charge in [-0.1, -0.05) is 24.3 Å². The van der Waals surface area contributed by atoms with Crippen LogP contribution in [0.4, 0.5) is 5.69 Å². The fourth-order valence-electron chi connectivity index (χ4n) is 4.41. The van der Waals surface area contributed by atoms with Gasteiger partial charge in [0.2, 0.25) is 11.8 Å². The normalized spacial score (nSPS) is 35.4. The van der Waals surface area contributed by atoms with Gasteiger partial charge < -0.3 is 0 Å². The highest BCUT2D eigenvalue weighted by atomic mass is 16.2. The van der Waals surface area contributed by atoms with Crippen molar-refractivity contribution in [1.82, 2.24) is 0 Å². The Morgan fingerprint density at radius 3 is 2.73 bits per heavy atom. The number of Topliss-reactive ketones (excluding diaryl/α,β-unsaturated/α-hetero) is 1. The van der Waals surface area contributed by atoms with Crippen molar-refractivity contribution in [2.45, 2.75) is 20.3 Å². The average molecular weight is 295 g/mol. The second-order valence-corrected chi connectivity index (χ2v) is 6.74. The van der Waals surface area contributed by atoms with Gasteiger partial charge in [-0.3, -0.25) is 14.4 Å². The number of hydrogen-bond acceptors (Lipinski definition) is 3. The molecular formula is C18H17NO3. The van der Waals surface area contributed by atoms with Crippen molar-refractivity contribution in [3.8, 4) is 0 Å². The summed E-state index contributed by atoms with van der Waals surface area (Å²) in [5, 5.41) is 0. The van der Waals surface area contributed by atoms with Crippen LogP contribution >= 0.6 is 0 Å². The predicted octanol–water partition coefficient (Wildman–Crippen LogP) is 2.59. The fraction of sp³-hybridized carbons (Fsp3) is 0.389. The number of carbonyl (C=O) groups excluding carboxylic acids is 3. The molecule has 4 heteroatoms. The van der Waals surface area contributed by atoms with Crippen molar-refractivity contribution < 1.29 is 14.4 Å². The molecule has 4 atom stereocenters. The molecule has 2 amide bonds. The number of ketones is 1. The zero-order chi connectivity index (χ0) is 15.6. The third-order valence-corrected chi connectivity index (χ3v) is 5.62. The largest absolute Gasteiger partial charge is 0.295 e. The number of rotatable bonds is 2. The minimum absolute atomic E-state index is 0.0749. The van der Waals surface area contributed by atoms with Crippen LogP contribution in [-0.4, -0.2) is 17.6 Å². The molecule has 4 rings (SSSR count). The molecule has 1 heterocycles. The van der Waals surface area contributed by atoms with Crippen molar-refractivity contribution >= 4 is 23.3 Å². The summed E-state index contributed by atoms with van der Waals surface area (Å²) in [6, 6.07) is 6.78. The lowest BCUT2D eigenvalue weighted by Gasteiger charge is -2.28. The minimum atomic E-state index is -0.622. The molecule has 0 aromatic heterocycles. The molecule has 1 aromatic rings. The van der Waals surface area contributed by atoms with E-state index in [0.29, 0.717) is 11.3 Å². The molecule has 112 valence electrons. The Morgan fingerprint density at radius 2 is 2.05 bits per heavy atom. The van der Waals surface area contributed by atoms with Crippen LogP contribution in [0.3, 0.4) is 0 Å². The summed E-state index contributed by atoms with van der Waals surface area (Å²) in [6.07, 6.45) is 5.07. The van der Waals surface area contributed by atoms with E-state index < -0.39 is 5.41 Å². The summed E-state index contributed by atoms with van der Waals surface area (Å²) in [5.74, 6) is -0.248. The van der Waals surface area contributed by atoms with Crippen LogP contribution in [0.1, 0.15) is 30.6 Å². The zero-order valence-corrected chi connectivity index (χ0v) is 12.6. The van der Waals surface area contributed by atoms with Crippen LogP contribution in [0.2, 0.25) is 0 Å². The Hall–Kier alpha value is -2.23. The molecule has 2 fully saturated rings. The Kier molecular flexibility index (Phi) is 2.54. The van der Waals surface area contributed by atoms with Crippen molar-refractivity contribution in [3.63, 3.8) is 0 Å². The van der Waals surface area contributed by atoms with Crippen molar-refractivity contribution in [1.29, 1.82) is 0 Å². The van der Waals surface area contributed by atoms with Gasteiger partial charge in [-0.2, -0.15) is 0 Å². The quantitative estimate of drug-likeness (QED) is 0.479. The first kappa shape index (κ1) is 13.4. The van der Waals surface area contributed by atoms with Crippen molar-refractivity contribution in [2.24, 2.45) is 23.2 Å². The van der Waals surface area contributed by atoms with E-state index in [0.717, 1.165) is 6.42 Å². The molecule has 1 aromatic carbocycles. The van der Waals surface area contributed by atoms with Gasteiger partial charge in [-0.05, 0) is 44.2 Å². The van der Waals surface area contributed by atoms with Crippen LogP contribution in [-0.2, 0) is 9.59 Å². The van der Waals surface area contributed by atoms with Crippen LogP contribution in [0, 0.1) is 23.2 Å². The van der Waals surface area contributed by atoms with E-state index >= 15 is 0 Å². The van der Waals surface area contributed by atoms with Crippen LogP contribution < -0.4 is 4.90 Å². The number of allylic oxidation sites excluding steroid dienone is 2. The molecule has 0 N–H and O–H groups in total. The maximum atomic E-state index is 13.0. The third-order valence-electron chi connectivity index (χ3n) is 5.62. The van der Waals surface area contributed by atoms with Gasteiger partial charge in [-0.15, -0.1) is 0 Å². The number of hydrogen-bond donors (Lipinski definition) is 0. The summed E-state index contributed by atoms with van der Waals surface area (Å²) >= 11 is 0. The van der Waals surface area contributed by atoms with Crippen molar-refractivity contribution in [2.75, 3.05) is 4.90 Å². The van der Waals surface area contributed by atoms with Gasteiger partial charge >= 0.3 is 0 Å². The van der Waals surface area contributed by atoms with E-state index in [1.54, 1.807) is 24.3 Å². The second-order valence-electron chi connectivity index (χ2n) is 6.74. The Morgan fingerprint density at radius 1 is 1.27 bits per heavy atom. The smallest absolute Gasteiger partial charge is 0.241 e. The SMILES string of the molecule is CC(=O)c1cccc(N2C(=O)[C@@H]3[C@H]4C=C[C@@H](C4)[C@@]3(C)C2=O)c1. The lowest BCUT2D eigenvalue weighted by molar-refractivity contribution is -0.127. The predicted molar refractivity (Wildman–Crippen MR) is 81.3 cm³/mol. The van der Waals surface area contributed by atoms with Crippen LogP contribution in [0.5, 0.6) is 0 Å². The minimum Gasteiger partial charge on any atom is -0.295 e. The molecule has 22 heavy (non-hydrogen) atoms. The van der Waals surface area contributed by atoms with Gasteiger partial charge in [0.15, 0.2) is 5.78 Å². The molecule has 0 unspecified atom stereocenters. The lowest BCUT2D eigenvalue weighted by atomic mass is 9.71. The maximum absolute atomic E-state index is 13.0. The first-order chi connectivity index (χ1) is 10.4. The third kappa shape index (κ3) is 1.45. The molecule has 1 saturated carbocycles. The molecule has 3 aliphatic rings. The fourth-order valence-corrected chi connectivity index (χ4v) is 4.41. The summed E-state index contributed by atoms with van der Waals surface area (Å²) in [5.41, 5.74) is 0.405. The van der Waals surface area contributed by atoms with Gasteiger partial charge in [-0.25, -0.2) is 4.90 Å². The summed E-state index contributed by atoms with van der Waals surface area (Å²) < 4.78 is 0. The van der Waals surface area contributed by atoms with Crippen LogP contribution in [0.15, 0.2) is 36.4 Å². The van der Waals surface area contributed by atoms with E-state index in [1.165, 1.54) is 11.8 Å². The molecule has 4 nitrogen and oxygen atoms in total. The summed E-state index contributed by atoms with van der Waals surface area (Å²) in [6.45, 7) is 3.40. The second kappa shape index (κ2) is 4.15. The Balaban J connectivity index is 1.79. The standard InChI is InChI=1S/C18H17NO3/c1-10(20)11-4-3-5-14(9-11)19-16(21)15-12-6-7-13(8-12)18(15,2)17(19)22/h3-7,9,12-13,15H,8H2,1-2H3/t12-,13-,15-,18+/m0/s1. The number of fused-ring (bicyclic) bond motifs is 5. The maximum Gasteiger partial charge on any atom is 0.241 e. The number of amides is 2. The lowest BCUT2D eigenvalue weighted by Crippen LogP contribution is -2.37. The van der Waals surface area contributed by atoms with Gasteiger partial charge in [0.25, 0.3) is 0 Å². The average Bonchev–Trinajstić information content (AvgIpc) is 3.12. The highest BCUT2D eigenvalue weighted by Gasteiger charge is 2.67. The summed E-state index contributed by atoms with van der Waals surface area (Å²) in [4.78, 5) is 38.7. The van der Waals surface area contributed by atoms with E-state index in [-0.39, 0.29) is 35.4 Å². The van der Waals surface area contributed by atoms with Gasteiger partial charge in [0.1, 0.15) is 0 Å². The monoisotopic (exact) mass is 295 g/mol. The van der Waals surface area contributed by atoms with E-state index in [9.17, 15) is 14.4 Å². The summed E-state index contributed by atoms with van der Waals surface area (Å²) in [7, 11) is 0. The van der Waals surface area contributed by atoms with E-state index in [2.05, 4.69) is 12.2 Å². The number of nitrogens with zero attached hydrogens (tertiary/aromatic N) is 1. The number of anilines is 1. The highest BCUT2D eigenvalue weighted by Crippen LogP contribution is 2.60. The molecule has 1 saturated heterocycles. The molecule has 2 aliphatic carbocycles. The van der Waals surface area contributed by atoms with Gasteiger partial charge in [0, 0.05) is 5.56 Å². The van der Waals surface area contributed by atoms with E-state index in [1.807, 2.05) is 6.92 Å². The molecule has 2 bridgehead atoms. The van der Waals surface area contributed by atoms with Crippen LogP contribution in [0.25, 0.3) is 0 Å². The van der Waals surface area contributed by atoms with Gasteiger partial charge in [0.05, 0.1) is 17.0 Å². The Bertz CT molecular complexity index is 750. The van der Waals surface area contributed by atoms with Crippen molar-refractivity contribution in [3.05, 3.63) is 42.0 Å². The first-order valence-electron chi connectivity index (χ1n) is 7.62. The number of benzene rings is 1.